The number of aliphatic hydroxyl groups excluding tert-OH is 2. The number of aromatic nitrogens is 2. The molecule has 1 fully saturated rings. The maximum atomic E-state index is 13.1. The Labute approximate surface area is 272 Å². The number of pyridine rings is 2. The molecule has 0 bridgehead atoms. The number of amides is 3. The van der Waals surface area contributed by atoms with E-state index in [2.05, 4.69) is 30.8 Å². The molecule has 3 heterocycles. The normalized spacial score (nSPS) is 14.4. The Bertz CT molecular complexity index is 1730. The van der Waals surface area contributed by atoms with Crippen molar-refractivity contribution in [3.63, 3.8) is 0 Å². The number of hydrogen-bond donors (Lipinski definition) is 5. The van der Waals surface area contributed by atoms with E-state index in [1.165, 1.54) is 6.20 Å². The number of alkyl carbamates (subject to hydrolysis) is 1. The number of hydrogen-bond acceptors (Lipinski definition) is 9. The van der Waals surface area contributed by atoms with Crippen LogP contribution in [0.4, 0.5) is 16.2 Å². The van der Waals surface area contributed by atoms with Crippen LogP contribution in [0.1, 0.15) is 49.7 Å². The van der Waals surface area contributed by atoms with Crippen molar-refractivity contribution in [2.24, 2.45) is 0 Å². The molecule has 12 heteroatoms. The highest BCUT2D eigenvalue weighted by molar-refractivity contribution is 6.05. The summed E-state index contributed by atoms with van der Waals surface area (Å²) in [7, 11) is 0. The Morgan fingerprint density at radius 2 is 1.43 bits per heavy atom. The molecule has 0 saturated carbocycles. The van der Waals surface area contributed by atoms with Gasteiger partial charge >= 0.3 is 6.09 Å². The summed E-state index contributed by atoms with van der Waals surface area (Å²) in [6, 6.07) is 18.2. The summed E-state index contributed by atoms with van der Waals surface area (Å²) >= 11 is 0. The lowest BCUT2D eigenvalue weighted by molar-refractivity contribution is 0.101. The summed E-state index contributed by atoms with van der Waals surface area (Å²) in [6.07, 6.45) is 3.03. The number of anilines is 2. The topological polar surface area (TPSA) is 166 Å². The molecule has 3 amide bonds. The third-order valence-electron chi connectivity index (χ3n) is 7.98. The molecule has 0 unspecified atom stereocenters. The lowest BCUT2D eigenvalue weighted by Crippen LogP contribution is -2.25. The summed E-state index contributed by atoms with van der Waals surface area (Å²) in [5.74, 6) is -0.705. The first kappa shape index (κ1) is 33.2. The molecule has 0 radical (unpaired) electrons. The standard InChI is InChI=1S/C35H38N6O6/c1-22-27(5-3-7-29(22)39-33(44)31-11-9-24(17-36-31)18-38-35(46)47-16-15-42)28-6-4-8-30(23(28)2)40-34(45)32-12-10-25(19-37-32)20-41-14-13-26(43)21-41/h3-12,17,19,26,42-43H,13-16,18,20-21H2,1-2H3,(H,38,46)(H,39,44)(H,40,45)/t26-/m1/s1. The Kier molecular flexibility index (Phi) is 10.9. The number of likely N-dealkylation sites (tertiary alicyclic amines) is 1. The highest BCUT2D eigenvalue weighted by atomic mass is 16.6. The van der Waals surface area contributed by atoms with Crippen LogP contribution in [0, 0.1) is 13.8 Å². The van der Waals surface area contributed by atoms with Gasteiger partial charge in [0.05, 0.1) is 12.7 Å². The molecular formula is C35H38N6O6. The third kappa shape index (κ3) is 8.55. The number of benzene rings is 2. The van der Waals surface area contributed by atoms with Crippen molar-refractivity contribution in [2.75, 3.05) is 36.9 Å². The maximum absolute atomic E-state index is 13.1. The van der Waals surface area contributed by atoms with Crippen LogP contribution in [-0.2, 0) is 17.8 Å². The Morgan fingerprint density at radius 3 is 1.91 bits per heavy atom. The minimum Gasteiger partial charge on any atom is -0.447 e. The number of carbonyl (C=O) groups excluding carboxylic acids is 3. The van der Waals surface area contributed by atoms with Crippen LogP contribution in [0.5, 0.6) is 0 Å². The zero-order chi connectivity index (χ0) is 33.3. The largest absolute Gasteiger partial charge is 0.447 e. The van der Waals surface area contributed by atoms with E-state index >= 15 is 0 Å². The van der Waals surface area contributed by atoms with Crippen LogP contribution in [0.2, 0.25) is 0 Å². The number of β-amino-alcohol motifs (C(OH)–C–C–N with tert-alkyl or cyclic N) is 1. The van der Waals surface area contributed by atoms with Gasteiger partial charge in [0.2, 0.25) is 0 Å². The lowest BCUT2D eigenvalue weighted by Gasteiger charge is -2.17. The van der Waals surface area contributed by atoms with Gasteiger partial charge in [0, 0.05) is 49.9 Å². The van der Waals surface area contributed by atoms with E-state index in [0.717, 1.165) is 40.8 Å². The van der Waals surface area contributed by atoms with E-state index in [1.807, 2.05) is 56.3 Å². The number of rotatable bonds is 11. The first-order valence-corrected chi connectivity index (χ1v) is 15.4. The minimum absolute atomic E-state index is 0.0916. The van der Waals surface area contributed by atoms with Gasteiger partial charge in [0.25, 0.3) is 11.8 Å². The van der Waals surface area contributed by atoms with Gasteiger partial charge in [0.1, 0.15) is 18.0 Å². The molecule has 1 saturated heterocycles. The molecule has 244 valence electrons. The van der Waals surface area contributed by atoms with Crippen LogP contribution in [0.3, 0.4) is 0 Å². The summed E-state index contributed by atoms with van der Waals surface area (Å²) < 4.78 is 4.75. The Balaban J connectivity index is 1.23. The summed E-state index contributed by atoms with van der Waals surface area (Å²) in [6.45, 7) is 5.83. The van der Waals surface area contributed by atoms with E-state index in [0.29, 0.717) is 35.7 Å². The van der Waals surface area contributed by atoms with Crippen molar-refractivity contribution in [3.05, 3.63) is 107 Å². The maximum Gasteiger partial charge on any atom is 0.407 e. The molecule has 4 aromatic rings. The van der Waals surface area contributed by atoms with Crippen molar-refractivity contribution in [2.45, 2.75) is 39.5 Å². The highest BCUT2D eigenvalue weighted by Crippen LogP contribution is 2.34. The second kappa shape index (κ2) is 15.4. The number of ether oxygens (including phenoxy) is 1. The molecule has 5 N–H and O–H groups in total. The molecule has 47 heavy (non-hydrogen) atoms. The SMILES string of the molecule is Cc1c(NC(=O)c2ccc(CNC(=O)OCCO)cn2)cccc1-c1cccc(NC(=O)c2ccc(CN3CC[C@@H](O)C3)cn2)c1C. The summed E-state index contributed by atoms with van der Waals surface area (Å²) in [5, 5.41) is 27.0. The van der Waals surface area contributed by atoms with Crippen molar-refractivity contribution < 1.29 is 29.3 Å². The Hall–Kier alpha value is -5.17. The number of nitrogens with zero attached hydrogens (tertiary/aromatic N) is 3. The fourth-order valence-electron chi connectivity index (χ4n) is 5.39. The smallest absolute Gasteiger partial charge is 0.407 e. The van der Waals surface area contributed by atoms with E-state index in [-0.39, 0.29) is 43.4 Å². The number of nitrogens with one attached hydrogen (secondary N) is 3. The first-order valence-electron chi connectivity index (χ1n) is 15.4. The van der Waals surface area contributed by atoms with Crippen LogP contribution in [0.15, 0.2) is 73.1 Å². The third-order valence-corrected chi connectivity index (χ3v) is 7.98. The molecule has 2 aromatic carbocycles. The molecular weight excluding hydrogens is 600 g/mol. The average molecular weight is 639 g/mol. The van der Waals surface area contributed by atoms with Gasteiger partial charge in [-0.15, -0.1) is 0 Å². The van der Waals surface area contributed by atoms with Crippen molar-refractivity contribution in [3.8, 4) is 11.1 Å². The van der Waals surface area contributed by atoms with Crippen molar-refractivity contribution >= 4 is 29.3 Å². The Morgan fingerprint density at radius 1 is 0.851 bits per heavy atom. The molecule has 1 aliphatic heterocycles. The van der Waals surface area contributed by atoms with E-state index < -0.39 is 6.09 Å². The monoisotopic (exact) mass is 638 g/mol. The predicted molar refractivity (Wildman–Crippen MR) is 177 cm³/mol. The van der Waals surface area contributed by atoms with Gasteiger partial charge in [0.15, 0.2) is 0 Å². The van der Waals surface area contributed by atoms with E-state index in [9.17, 15) is 19.5 Å². The molecule has 0 aliphatic carbocycles. The minimum atomic E-state index is -0.655. The number of aliphatic hydroxyl groups is 2. The second-order valence-corrected chi connectivity index (χ2v) is 11.4. The van der Waals surface area contributed by atoms with Gasteiger partial charge in [-0.25, -0.2) is 4.79 Å². The fraction of sp³-hybridized carbons (Fsp3) is 0.286. The molecule has 2 aromatic heterocycles. The zero-order valence-corrected chi connectivity index (χ0v) is 26.3. The van der Waals surface area contributed by atoms with E-state index in [1.54, 1.807) is 24.4 Å². The van der Waals surface area contributed by atoms with Crippen LogP contribution in [0.25, 0.3) is 11.1 Å². The molecule has 1 atom stereocenters. The van der Waals surface area contributed by atoms with Gasteiger partial charge in [-0.05, 0) is 77.9 Å². The summed E-state index contributed by atoms with van der Waals surface area (Å²) in [5.41, 5.74) is 6.95. The van der Waals surface area contributed by atoms with Gasteiger partial charge in [-0.3, -0.25) is 24.5 Å². The van der Waals surface area contributed by atoms with Crippen molar-refractivity contribution in [1.82, 2.24) is 20.2 Å². The molecule has 5 rings (SSSR count). The molecule has 12 nitrogen and oxygen atoms in total. The number of carbonyl (C=O) groups is 3. The lowest BCUT2D eigenvalue weighted by atomic mass is 9.94. The second-order valence-electron chi connectivity index (χ2n) is 11.4. The van der Waals surface area contributed by atoms with Gasteiger partial charge in [-0.1, -0.05) is 36.4 Å². The molecule has 0 spiro atoms. The van der Waals surface area contributed by atoms with Gasteiger partial charge < -0.3 is 30.9 Å². The molecule has 1 aliphatic rings. The fourth-order valence-corrected chi connectivity index (χ4v) is 5.39. The highest BCUT2D eigenvalue weighted by Gasteiger charge is 2.20. The first-order chi connectivity index (χ1) is 22.7. The predicted octanol–water partition coefficient (Wildman–Crippen LogP) is 4.05. The zero-order valence-electron chi connectivity index (χ0n) is 26.3. The van der Waals surface area contributed by atoms with E-state index in [4.69, 9.17) is 9.84 Å². The quantitative estimate of drug-likeness (QED) is 0.163. The van der Waals surface area contributed by atoms with Crippen LogP contribution in [-0.4, -0.2) is 75.4 Å². The average Bonchev–Trinajstić information content (AvgIpc) is 3.49. The van der Waals surface area contributed by atoms with Gasteiger partial charge in [-0.2, -0.15) is 0 Å². The van der Waals surface area contributed by atoms with Crippen molar-refractivity contribution in [1.29, 1.82) is 0 Å². The summed E-state index contributed by atoms with van der Waals surface area (Å²) in [4.78, 5) is 48.5. The van der Waals surface area contributed by atoms with Crippen LogP contribution >= 0.6 is 0 Å². The van der Waals surface area contributed by atoms with Crippen LogP contribution < -0.4 is 16.0 Å².